The van der Waals surface area contributed by atoms with E-state index in [1.807, 2.05) is 44.0 Å². The Kier molecular flexibility index (Phi) is 7.28. The van der Waals surface area contributed by atoms with Gasteiger partial charge >= 0.3 is 5.97 Å². The standard InChI is InChI=1S/C20H26N4O3S/c1-12(2)24(11-14(5)9-22-26)16-7-8-17(21-10-16)19-23-15(6)18(28-19)20(25)27-13(3)4/h7-13,26H,1-6H3/b14-11+,22-9+. The Hall–Kier alpha value is -2.74. The van der Waals surface area contributed by atoms with Crippen LogP contribution in [0.4, 0.5) is 5.69 Å². The van der Waals surface area contributed by atoms with E-state index in [-0.39, 0.29) is 18.1 Å². The van der Waals surface area contributed by atoms with Crippen molar-refractivity contribution in [1.29, 1.82) is 0 Å². The van der Waals surface area contributed by atoms with Crippen LogP contribution >= 0.6 is 11.3 Å². The molecule has 2 aromatic heterocycles. The first-order chi connectivity index (χ1) is 13.2. The predicted octanol–water partition coefficient (Wildman–Crippen LogP) is 4.66. The monoisotopic (exact) mass is 402 g/mol. The van der Waals surface area contributed by atoms with Crippen LogP contribution in [0.15, 0.2) is 35.3 Å². The molecule has 0 radical (unpaired) electrons. The number of hydrogen-bond acceptors (Lipinski definition) is 8. The van der Waals surface area contributed by atoms with Crippen LogP contribution in [0, 0.1) is 6.92 Å². The number of thiazole rings is 1. The molecule has 1 N–H and O–H groups in total. The van der Waals surface area contributed by atoms with Crippen LogP contribution in [0.1, 0.15) is 50.0 Å². The summed E-state index contributed by atoms with van der Waals surface area (Å²) in [5.41, 5.74) is 3.05. The van der Waals surface area contributed by atoms with Gasteiger partial charge in [-0.15, -0.1) is 11.3 Å². The first kappa shape index (κ1) is 21.6. The normalized spacial score (nSPS) is 12.2. The molecule has 0 unspecified atom stereocenters. The number of oxime groups is 1. The number of ether oxygens (including phenoxy) is 1. The van der Waals surface area contributed by atoms with Crippen LogP contribution < -0.4 is 4.90 Å². The Bertz CT molecular complexity index is 870. The summed E-state index contributed by atoms with van der Waals surface area (Å²) in [6, 6.07) is 4.02. The van der Waals surface area contributed by atoms with E-state index in [1.165, 1.54) is 17.6 Å². The average molecular weight is 403 g/mol. The Morgan fingerprint density at radius 2 is 2.04 bits per heavy atom. The molecule has 0 aliphatic rings. The van der Waals surface area contributed by atoms with Gasteiger partial charge in [-0.2, -0.15) is 0 Å². The third-order valence-electron chi connectivity index (χ3n) is 3.75. The Morgan fingerprint density at radius 3 is 2.57 bits per heavy atom. The number of carbonyl (C=O) groups excluding carboxylic acids is 1. The van der Waals surface area contributed by atoms with Crippen LogP contribution in [0.5, 0.6) is 0 Å². The van der Waals surface area contributed by atoms with Crippen molar-refractivity contribution < 1.29 is 14.7 Å². The van der Waals surface area contributed by atoms with E-state index < -0.39 is 0 Å². The van der Waals surface area contributed by atoms with E-state index in [9.17, 15) is 4.79 Å². The molecule has 0 amide bonds. The van der Waals surface area contributed by atoms with Gasteiger partial charge in [0, 0.05) is 12.2 Å². The van der Waals surface area contributed by atoms with Gasteiger partial charge in [-0.1, -0.05) is 5.16 Å². The van der Waals surface area contributed by atoms with Gasteiger partial charge in [0.25, 0.3) is 0 Å². The lowest BCUT2D eigenvalue weighted by molar-refractivity contribution is 0.0382. The molecule has 0 fully saturated rings. The van der Waals surface area contributed by atoms with Gasteiger partial charge in [0.2, 0.25) is 0 Å². The highest BCUT2D eigenvalue weighted by molar-refractivity contribution is 7.17. The van der Waals surface area contributed by atoms with Gasteiger partial charge in [-0.05, 0) is 59.2 Å². The quantitative estimate of drug-likeness (QED) is 0.314. The molecule has 2 heterocycles. The van der Waals surface area contributed by atoms with E-state index in [0.717, 1.165) is 11.3 Å². The lowest BCUT2D eigenvalue weighted by Gasteiger charge is -2.25. The molecule has 0 aliphatic heterocycles. The number of pyridine rings is 1. The Labute approximate surface area is 169 Å². The zero-order chi connectivity index (χ0) is 20.8. The van der Waals surface area contributed by atoms with E-state index in [4.69, 9.17) is 9.94 Å². The Balaban J connectivity index is 2.29. The van der Waals surface area contributed by atoms with E-state index in [2.05, 4.69) is 29.0 Å². The molecular formula is C20H26N4O3S. The fourth-order valence-electron chi connectivity index (χ4n) is 2.49. The molecule has 7 nitrogen and oxygen atoms in total. The maximum absolute atomic E-state index is 12.2. The maximum Gasteiger partial charge on any atom is 0.350 e. The molecular weight excluding hydrogens is 376 g/mol. The van der Waals surface area contributed by atoms with E-state index >= 15 is 0 Å². The second-order valence-electron chi connectivity index (χ2n) is 6.91. The van der Waals surface area contributed by atoms with E-state index in [1.54, 1.807) is 13.1 Å². The molecule has 0 saturated carbocycles. The lowest BCUT2D eigenvalue weighted by Crippen LogP contribution is -2.25. The van der Waals surface area contributed by atoms with Crippen molar-refractivity contribution in [2.24, 2.45) is 5.16 Å². The van der Waals surface area contributed by atoms with Crippen LogP contribution in [-0.2, 0) is 4.74 Å². The Morgan fingerprint density at radius 1 is 1.32 bits per heavy atom. The number of allylic oxidation sites excluding steroid dienone is 1. The zero-order valence-corrected chi connectivity index (χ0v) is 17.8. The smallest absolute Gasteiger partial charge is 0.350 e. The minimum Gasteiger partial charge on any atom is -0.459 e. The highest BCUT2D eigenvalue weighted by Crippen LogP contribution is 2.29. The second-order valence-corrected chi connectivity index (χ2v) is 7.91. The van der Waals surface area contributed by atoms with Crippen LogP contribution in [0.3, 0.4) is 0 Å². The third-order valence-corrected chi connectivity index (χ3v) is 4.91. The molecule has 8 heteroatoms. The summed E-state index contributed by atoms with van der Waals surface area (Å²) >= 11 is 1.28. The molecule has 0 saturated heterocycles. The van der Waals surface area contributed by atoms with Gasteiger partial charge in [-0.25, -0.2) is 9.78 Å². The average Bonchev–Trinajstić information content (AvgIpc) is 3.01. The summed E-state index contributed by atoms with van der Waals surface area (Å²) in [5, 5.41) is 12.4. The number of hydrogen-bond donors (Lipinski definition) is 1. The fraction of sp³-hybridized carbons (Fsp3) is 0.400. The summed E-state index contributed by atoms with van der Waals surface area (Å²) in [4.78, 5) is 23.7. The van der Waals surface area contributed by atoms with Crippen LogP contribution in [-0.4, -0.2) is 39.5 Å². The molecule has 0 aromatic carbocycles. The molecule has 28 heavy (non-hydrogen) atoms. The summed E-state index contributed by atoms with van der Waals surface area (Å²) in [5.74, 6) is -0.356. The van der Waals surface area contributed by atoms with Crippen molar-refractivity contribution in [3.8, 4) is 10.7 Å². The van der Waals surface area contributed by atoms with E-state index in [0.29, 0.717) is 21.3 Å². The van der Waals surface area contributed by atoms with Gasteiger partial charge in [0.1, 0.15) is 9.88 Å². The zero-order valence-electron chi connectivity index (χ0n) is 17.0. The minimum atomic E-state index is -0.356. The highest BCUT2D eigenvalue weighted by Gasteiger charge is 2.19. The van der Waals surface area contributed by atoms with Gasteiger partial charge in [-0.3, -0.25) is 4.98 Å². The second kappa shape index (κ2) is 9.45. The molecule has 0 atom stereocenters. The summed E-state index contributed by atoms with van der Waals surface area (Å²) in [7, 11) is 0. The SMILES string of the molecule is CC(/C=N/O)=C\N(c1ccc(-c2nc(C)c(C(=O)OC(C)C)s2)nc1)C(C)C. The fourth-order valence-corrected chi connectivity index (χ4v) is 3.42. The number of aromatic nitrogens is 2. The summed E-state index contributed by atoms with van der Waals surface area (Å²) in [6.45, 7) is 11.4. The molecule has 0 spiro atoms. The number of aryl methyl sites for hydroxylation is 1. The van der Waals surface area contributed by atoms with Gasteiger partial charge < -0.3 is 14.8 Å². The number of esters is 1. The molecule has 150 valence electrons. The van der Waals surface area contributed by atoms with Crippen molar-refractivity contribution in [2.45, 2.75) is 53.7 Å². The van der Waals surface area contributed by atoms with Crippen molar-refractivity contribution >= 4 is 29.2 Å². The number of carbonyl (C=O) groups is 1. The first-order valence-corrected chi connectivity index (χ1v) is 9.83. The van der Waals surface area contributed by atoms with Crippen molar-refractivity contribution in [3.05, 3.63) is 40.7 Å². The van der Waals surface area contributed by atoms with Crippen molar-refractivity contribution in [2.75, 3.05) is 4.90 Å². The summed E-state index contributed by atoms with van der Waals surface area (Å²) in [6.07, 6.45) is 4.87. The maximum atomic E-state index is 12.2. The third kappa shape index (κ3) is 5.39. The van der Waals surface area contributed by atoms with Crippen LogP contribution in [0.25, 0.3) is 10.7 Å². The van der Waals surface area contributed by atoms with Gasteiger partial charge in [0.15, 0.2) is 0 Å². The largest absolute Gasteiger partial charge is 0.459 e. The molecule has 2 aromatic rings. The minimum absolute atomic E-state index is 0.177. The van der Waals surface area contributed by atoms with Crippen molar-refractivity contribution in [1.82, 2.24) is 9.97 Å². The molecule has 0 bridgehead atoms. The summed E-state index contributed by atoms with van der Waals surface area (Å²) < 4.78 is 5.27. The number of rotatable bonds is 7. The lowest BCUT2D eigenvalue weighted by atomic mass is 10.2. The van der Waals surface area contributed by atoms with Gasteiger partial charge in [0.05, 0.1) is 35.6 Å². The molecule has 0 aliphatic carbocycles. The predicted molar refractivity (Wildman–Crippen MR) is 112 cm³/mol. The topological polar surface area (TPSA) is 87.9 Å². The highest BCUT2D eigenvalue weighted by atomic mass is 32.1. The molecule has 2 rings (SSSR count). The number of nitrogens with zero attached hydrogens (tertiary/aromatic N) is 4. The van der Waals surface area contributed by atoms with Crippen molar-refractivity contribution in [3.63, 3.8) is 0 Å². The van der Waals surface area contributed by atoms with Crippen LogP contribution in [0.2, 0.25) is 0 Å². The first-order valence-electron chi connectivity index (χ1n) is 9.02. The number of anilines is 1.